The van der Waals surface area contributed by atoms with Crippen molar-refractivity contribution in [2.75, 3.05) is 19.0 Å². The van der Waals surface area contributed by atoms with Gasteiger partial charge in [-0.25, -0.2) is 13.4 Å². The van der Waals surface area contributed by atoms with Gasteiger partial charge in [-0.05, 0) is 48.6 Å². The number of aromatic nitrogens is 1. The third-order valence-electron chi connectivity index (χ3n) is 7.35. The Morgan fingerprint density at radius 3 is 2.46 bits per heavy atom. The van der Waals surface area contributed by atoms with Gasteiger partial charge in [0.2, 0.25) is 5.91 Å². The van der Waals surface area contributed by atoms with Crippen LogP contribution in [0.4, 0.5) is 13.2 Å². The average Bonchev–Trinajstić information content (AvgIpc) is 3.51. The molecule has 0 radical (unpaired) electrons. The first-order chi connectivity index (χ1) is 17.5. The molecule has 3 heterocycles. The van der Waals surface area contributed by atoms with E-state index >= 15 is 0 Å². The second-order valence-electron chi connectivity index (χ2n) is 9.72. The monoisotopic (exact) mass is 537 g/mol. The summed E-state index contributed by atoms with van der Waals surface area (Å²) in [4.78, 5) is 32.3. The van der Waals surface area contributed by atoms with Crippen molar-refractivity contribution in [2.45, 2.75) is 49.1 Å². The lowest BCUT2D eigenvalue weighted by Gasteiger charge is -2.36. The van der Waals surface area contributed by atoms with Crippen LogP contribution in [0.2, 0.25) is 0 Å². The van der Waals surface area contributed by atoms with Crippen LogP contribution in [0.25, 0.3) is 0 Å². The zero-order chi connectivity index (χ0) is 26.5. The number of rotatable bonds is 7. The van der Waals surface area contributed by atoms with Crippen molar-refractivity contribution in [2.24, 2.45) is 11.8 Å². The van der Waals surface area contributed by atoms with Crippen LogP contribution in [0, 0.1) is 11.8 Å². The summed E-state index contributed by atoms with van der Waals surface area (Å²) in [6, 6.07) is 5.90. The number of sulfone groups is 1. The van der Waals surface area contributed by atoms with Gasteiger partial charge in [-0.15, -0.1) is 0 Å². The number of amides is 2. The van der Waals surface area contributed by atoms with Gasteiger partial charge in [0.05, 0.1) is 30.6 Å². The first-order valence-corrected chi connectivity index (χ1v) is 13.7. The van der Waals surface area contributed by atoms with E-state index in [0.717, 1.165) is 18.6 Å². The Labute approximate surface area is 212 Å². The molecular weight excluding hydrogens is 511 g/mol. The zero-order valence-corrected chi connectivity index (χ0v) is 20.8. The lowest BCUT2D eigenvalue weighted by atomic mass is 9.90. The maximum absolute atomic E-state index is 13.5. The van der Waals surface area contributed by atoms with Gasteiger partial charge in [0.15, 0.2) is 14.9 Å². The number of hydrogen-bond donors (Lipinski definition) is 1. The zero-order valence-electron chi connectivity index (χ0n) is 19.9. The van der Waals surface area contributed by atoms with Crippen LogP contribution < -0.4 is 5.32 Å². The average molecular weight is 538 g/mol. The van der Waals surface area contributed by atoms with Crippen LogP contribution >= 0.6 is 0 Å². The van der Waals surface area contributed by atoms with Gasteiger partial charge in [0.1, 0.15) is 6.04 Å². The molecule has 1 aromatic heterocycles. The number of benzene rings is 1. The van der Waals surface area contributed by atoms with Crippen molar-refractivity contribution in [1.29, 1.82) is 0 Å². The third-order valence-corrected chi connectivity index (χ3v) is 8.97. The second kappa shape index (κ2) is 9.39. The molecule has 1 saturated carbocycles. The largest absolute Gasteiger partial charge is 0.416 e. The number of piperidine rings is 1. The van der Waals surface area contributed by atoms with Crippen LogP contribution in [0.5, 0.6) is 0 Å². The van der Waals surface area contributed by atoms with Crippen molar-refractivity contribution in [3.8, 4) is 0 Å². The van der Waals surface area contributed by atoms with Crippen molar-refractivity contribution in [3.63, 3.8) is 0 Å². The fourth-order valence-electron chi connectivity index (χ4n) is 5.04. The minimum Gasteiger partial charge on any atom is -0.381 e. The summed E-state index contributed by atoms with van der Waals surface area (Å²) in [5.41, 5.74) is -0.112. The Morgan fingerprint density at radius 1 is 1.16 bits per heavy atom. The Morgan fingerprint density at radius 2 is 1.86 bits per heavy atom. The van der Waals surface area contributed by atoms with Crippen molar-refractivity contribution >= 4 is 21.7 Å². The maximum Gasteiger partial charge on any atom is 0.416 e. The van der Waals surface area contributed by atoms with Crippen LogP contribution in [0.1, 0.15) is 47.3 Å². The Balaban J connectivity index is 1.36. The molecular formula is C25H26F3N3O5S. The number of fused-ring (bicyclic) bond motifs is 1. The summed E-state index contributed by atoms with van der Waals surface area (Å²) in [6.07, 6.45) is -1.97. The minimum absolute atomic E-state index is 0.109. The number of likely N-dealkylation sites (tertiary alicyclic amines) is 1. The fourth-order valence-corrected chi connectivity index (χ4v) is 5.86. The Bertz CT molecular complexity index is 1310. The molecule has 8 nitrogen and oxygen atoms in total. The highest BCUT2D eigenvalue weighted by molar-refractivity contribution is 7.91. The van der Waals surface area contributed by atoms with Crippen LogP contribution in [0.15, 0.2) is 47.6 Å². The molecule has 0 bridgehead atoms. The van der Waals surface area contributed by atoms with Gasteiger partial charge in [-0.2, -0.15) is 13.2 Å². The standard InChI is InChI=1S/C25H26F3N3O5S/c1-2-37(34,35)21-11-15(7-8-29-21)24(33)31-19-9-16(19)10-20(31)23(32)30-22(17-12-36-13-17)14-3-5-18(6-4-14)25(26,27)28/h3-8,11,16-17,19-20,22H,2,9-10,12-13H2,1H3,(H,30,32)/t16-,19-,20-,22+/m1/s1. The lowest BCUT2D eigenvalue weighted by Crippen LogP contribution is -2.51. The highest BCUT2D eigenvalue weighted by Gasteiger charge is 2.56. The molecule has 0 spiro atoms. The van der Waals surface area contributed by atoms with Gasteiger partial charge in [0.25, 0.3) is 5.91 Å². The van der Waals surface area contributed by atoms with Gasteiger partial charge in [-0.1, -0.05) is 19.1 Å². The molecule has 198 valence electrons. The Hall–Kier alpha value is -2.99. The Kier molecular flexibility index (Phi) is 6.51. The quantitative estimate of drug-likeness (QED) is 0.582. The number of halogens is 3. The molecule has 2 saturated heterocycles. The summed E-state index contributed by atoms with van der Waals surface area (Å²) < 4.78 is 68.8. The summed E-state index contributed by atoms with van der Waals surface area (Å²) in [7, 11) is -3.62. The number of alkyl halides is 3. The molecule has 1 N–H and O–H groups in total. The molecule has 2 aliphatic heterocycles. The van der Waals surface area contributed by atoms with E-state index in [9.17, 15) is 31.2 Å². The molecule has 1 aromatic carbocycles. The van der Waals surface area contributed by atoms with Crippen molar-refractivity contribution < 1.29 is 35.9 Å². The molecule has 2 aromatic rings. The third kappa shape index (κ3) is 4.96. The highest BCUT2D eigenvalue weighted by Crippen LogP contribution is 2.48. The molecule has 5 rings (SSSR count). The van der Waals surface area contributed by atoms with E-state index in [-0.39, 0.29) is 34.2 Å². The number of carbonyl (C=O) groups is 2. The number of hydrogen-bond acceptors (Lipinski definition) is 6. The van der Waals surface area contributed by atoms with E-state index in [4.69, 9.17) is 4.74 Å². The van der Waals surface area contributed by atoms with Crippen LogP contribution in [-0.4, -0.2) is 61.2 Å². The molecule has 2 amide bonds. The van der Waals surface area contributed by atoms with E-state index in [1.807, 2.05) is 0 Å². The summed E-state index contributed by atoms with van der Waals surface area (Å²) in [6.45, 7) is 2.20. The fraction of sp³-hybridized carbons (Fsp3) is 0.480. The van der Waals surface area contributed by atoms with Crippen molar-refractivity contribution in [3.05, 3.63) is 59.3 Å². The normalized spacial score (nSPS) is 24.2. The highest BCUT2D eigenvalue weighted by atomic mass is 32.2. The van der Waals surface area contributed by atoms with Crippen LogP contribution in [0.3, 0.4) is 0 Å². The van der Waals surface area contributed by atoms with Gasteiger partial charge < -0.3 is 15.0 Å². The first kappa shape index (κ1) is 25.7. The van der Waals surface area contributed by atoms with Crippen molar-refractivity contribution in [1.82, 2.24) is 15.2 Å². The molecule has 3 aliphatic rings. The van der Waals surface area contributed by atoms with E-state index in [1.54, 1.807) is 0 Å². The van der Waals surface area contributed by atoms with E-state index in [0.29, 0.717) is 25.2 Å². The molecule has 3 fully saturated rings. The summed E-state index contributed by atoms with van der Waals surface area (Å²) in [5.74, 6) is -0.932. The first-order valence-electron chi connectivity index (χ1n) is 12.1. The number of nitrogens with zero attached hydrogens (tertiary/aromatic N) is 2. The maximum atomic E-state index is 13.5. The lowest BCUT2D eigenvalue weighted by molar-refractivity contribution is -0.137. The minimum atomic E-state index is -4.47. The van der Waals surface area contributed by atoms with Gasteiger partial charge in [-0.3, -0.25) is 9.59 Å². The number of nitrogens with one attached hydrogen (secondary N) is 1. The number of carbonyl (C=O) groups excluding carboxylic acids is 2. The molecule has 1 aliphatic carbocycles. The summed E-state index contributed by atoms with van der Waals surface area (Å²) >= 11 is 0. The summed E-state index contributed by atoms with van der Waals surface area (Å²) in [5, 5.41) is 2.76. The van der Waals surface area contributed by atoms with E-state index in [2.05, 4.69) is 10.3 Å². The molecule has 0 unspecified atom stereocenters. The van der Waals surface area contributed by atoms with Gasteiger partial charge >= 0.3 is 6.18 Å². The molecule has 12 heteroatoms. The second-order valence-corrected chi connectivity index (χ2v) is 11.9. The smallest absolute Gasteiger partial charge is 0.381 e. The SMILES string of the molecule is CCS(=O)(=O)c1cc(C(=O)N2[C@@H](C(=O)N[C@@H](c3ccc(C(F)(F)F)cc3)C3COC3)C[C@H]3C[C@H]32)ccn1. The number of ether oxygens (including phenoxy) is 1. The predicted octanol–water partition coefficient (Wildman–Crippen LogP) is 3.00. The predicted molar refractivity (Wildman–Crippen MR) is 125 cm³/mol. The van der Waals surface area contributed by atoms with Crippen LogP contribution in [-0.2, 0) is 25.5 Å². The molecule has 4 atom stereocenters. The van der Waals surface area contributed by atoms with E-state index in [1.165, 1.54) is 42.3 Å². The van der Waals surface area contributed by atoms with Gasteiger partial charge in [0, 0.05) is 23.7 Å². The number of pyridine rings is 1. The topological polar surface area (TPSA) is 106 Å². The molecule has 37 heavy (non-hydrogen) atoms. The van der Waals surface area contributed by atoms with E-state index < -0.39 is 45.5 Å².